The number of ether oxygens (including phenoxy) is 1. The number of anilines is 1. The first-order valence-corrected chi connectivity index (χ1v) is 9.43. The average molecular weight is 372 g/mol. The lowest BCUT2D eigenvalue weighted by molar-refractivity contribution is -0.139. The molecule has 0 unspecified atom stereocenters. The van der Waals surface area contributed by atoms with Crippen LogP contribution in [0.1, 0.15) is 55.8 Å². The number of amides is 3. The first-order chi connectivity index (χ1) is 13.0. The van der Waals surface area contributed by atoms with Crippen LogP contribution in [-0.2, 0) is 19.1 Å². The van der Waals surface area contributed by atoms with Gasteiger partial charge < -0.3 is 9.64 Å². The van der Waals surface area contributed by atoms with Crippen LogP contribution in [0.15, 0.2) is 24.3 Å². The van der Waals surface area contributed by atoms with Gasteiger partial charge in [-0.15, -0.1) is 0 Å². The summed E-state index contributed by atoms with van der Waals surface area (Å²) in [5.41, 5.74) is 0.709. The van der Waals surface area contributed by atoms with Crippen LogP contribution in [0.25, 0.3) is 0 Å². The second-order valence-electron chi connectivity index (χ2n) is 6.96. The monoisotopic (exact) mass is 372 g/mol. The van der Waals surface area contributed by atoms with Crippen LogP contribution in [0, 0.1) is 0 Å². The lowest BCUT2D eigenvalue weighted by atomic mass is 10.2. The predicted molar refractivity (Wildman–Crippen MR) is 98.1 cm³/mol. The van der Waals surface area contributed by atoms with Crippen LogP contribution in [-0.4, -0.2) is 47.8 Å². The molecule has 0 aliphatic carbocycles. The van der Waals surface area contributed by atoms with Crippen molar-refractivity contribution in [1.82, 2.24) is 4.90 Å². The van der Waals surface area contributed by atoms with E-state index in [0.717, 1.165) is 30.6 Å². The molecule has 1 aromatic rings. The molecule has 2 heterocycles. The van der Waals surface area contributed by atoms with Gasteiger partial charge in [0.05, 0.1) is 11.3 Å². The molecule has 0 aromatic heterocycles. The highest BCUT2D eigenvalue weighted by Crippen LogP contribution is 2.23. The van der Waals surface area contributed by atoms with Gasteiger partial charge in [-0.05, 0) is 44.0 Å². The minimum atomic E-state index is -0.850. The van der Waals surface area contributed by atoms with Crippen molar-refractivity contribution in [2.75, 3.05) is 18.0 Å². The number of hydrogen-bond acceptors (Lipinski definition) is 5. The van der Waals surface area contributed by atoms with Crippen molar-refractivity contribution in [2.45, 2.75) is 51.6 Å². The zero-order valence-electron chi connectivity index (χ0n) is 15.5. The number of imide groups is 1. The van der Waals surface area contributed by atoms with E-state index in [9.17, 15) is 19.2 Å². The molecule has 3 amide bonds. The van der Waals surface area contributed by atoms with Gasteiger partial charge in [-0.2, -0.15) is 0 Å². The number of esters is 1. The molecule has 2 aliphatic heterocycles. The Balaban J connectivity index is 1.61. The molecule has 2 aliphatic rings. The second kappa shape index (κ2) is 8.33. The van der Waals surface area contributed by atoms with Crippen molar-refractivity contribution in [3.63, 3.8) is 0 Å². The van der Waals surface area contributed by atoms with Gasteiger partial charge >= 0.3 is 5.97 Å². The van der Waals surface area contributed by atoms with Crippen molar-refractivity contribution < 1.29 is 23.9 Å². The predicted octanol–water partition coefficient (Wildman–Crippen LogP) is 2.29. The summed E-state index contributed by atoms with van der Waals surface area (Å²) in [5.74, 6) is -1.26. The Kier molecular flexibility index (Phi) is 5.88. The Bertz CT molecular complexity index is 719. The maximum atomic E-state index is 12.5. The fourth-order valence-corrected chi connectivity index (χ4v) is 3.44. The van der Waals surface area contributed by atoms with E-state index in [1.54, 1.807) is 24.0 Å². The van der Waals surface area contributed by atoms with Crippen molar-refractivity contribution in [3.8, 4) is 0 Å². The van der Waals surface area contributed by atoms with Crippen molar-refractivity contribution in [1.29, 1.82) is 0 Å². The van der Waals surface area contributed by atoms with Crippen molar-refractivity contribution >= 4 is 29.4 Å². The lowest BCUT2D eigenvalue weighted by Crippen LogP contribution is -2.40. The minimum Gasteiger partial charge on any atom is -0.449 e. The standard InChI is InChI=1S/C20H24N2O5/c1-14(19(25)21-12-4-2-3-5-13-21)27-20(26)15-6-8-16(9-7-15)22-17(23)10-11-18(22)24/h6-9,14H,2-5,10-13H2,1H3/t14-/m1/s1. The molecule has 3 rings (SSSR count). The second-order valence-corrected chi connectivity index (χ2v) is 6.96. The number of rotatable bonds is 4. The number of carbonyl (C=O) groups excluding carboxylic acids is 4. The molecular formula is C20H24N2O5. The van der Waals surface area contributed by atoms with E-state index < -0.39 is 12.1 Å². The van der Waals surface area contributed by atoms with Crippen LogP contribution in [0.5, 0.6) is 0 Å². The van der Waals surface area contributed by atoms with Gasteiger partial charge in [-0.1, -0.05) is 12.8 Å². The molecule has 1 aromatic carbocycles. The van der Waals surface area contributed by atoms with Gasteiger partial charge in [-0.3, -0.25) is 19.3 Å². The molecule has 2 saturated heterocycles. The number of nitrogens with zero attached hydrogens (tertiary/aromatic N) is 2. The molecule has 1 atom stereocenters. The fourth-order valence-electron chi connectivity index (χ4n) is 3.44. The molecule has 2 fully saturated rings. The van der Waals surface area contributed by atoms with E-state index >= 15 is 0 Å². The number of hydrogen-bond donors (Lipinski definition) is 0. The molecule has 0 N–H and O–H groups in total. The Labute approximate surface area is 158 Å². The quantitative estimate of drug-likeness (QED) is 0.598. The number of carbonyl (C=O) groups is 4. The van der Waals surface area contributed by atoms with Crippen LogP contribution in [0.4, 0.5) is 5.69 Å². The van der Waals surface area contributed by atoms with Crippen LogP contribution in [0.3, 0.4) is 0 Å². The largest absolute Gasteiger partial charge is 0.449 e. The fraction of sp³-hybridized carbons (Fsp3) is 0.500. The van der Waals surface area contributed by atoms with Crippen LogP contribution in [0.2, 0.25) is 0 Å². The van der Waals surface area contributed by atoms with Crippen LogP contribution >= 0.6 is 0 Å². The summed E-state index contributed by atoms with van der Waals surface area (Å²) >= 11 is 0. The summed E-state index contributed by atoms with van der Waals surface area (Å²) in [6, 6.07) is 6.08. The molecule has 0 radical (unpaired) electrons. The summed E-state index contributed by atoms with van der Waals surface area (Å²) in [6.07, 6.45) is 3.75. The number of likely N-dealkylation sites (tertiary alicyclic amines) is 1. The molecule has 0 saturated carbocycles. The molecular weight excluding hydrogens is 348 g/mol. The van der Waals surface area contributed by atoms with Gasteiger partial charge in [0.15, 0.2) is 6.10 Å². The molecule has 0 spiro atoms. The third-order valence-corrected chi connectivity index (χ3v) is 4.96. The molecule has 0 bridgehead atoms. The van der Waals surface area contributed by atoms with Gasteiger partial charge in [0, 0.05) is 25.9 Å². The Hall–Kier alpha value is -2.70. The zero-order chi connectivity index (χ0) is 19.4. The van der Waals surface area contributed by atoms with Crippen molar-refractivity contribution in [2.24, 2.45) is 0 Å². The van der Waals surface area contributed by atoms with Crippen LogP contribution < -0.4 is 4.90 Å². The smallest absolute Gasteiger partial charge is 0.338 e. The molecule has 27 heavy (non-hydrogen) atoms. The lowest BCUT2D eigenvalue weighted by Gasteiger charge is -2.24. The summed E-state index contributed by atoms with van der Waals surface area (Å²) in [5, 5.41) is 0. The maximum Gasteiger partial charge on any atom is 0.338 e. The van der Waals surface area contributed by atoms with Crippen molar-refractivity contribution in [3.05, 3.63) is 29.8 Å². The third kappa shape index (κ3) is 4.35. The summed E-state index contributed by atoms with van der Waals surface area (Å²) in [7, 11) is 0. The minimum absolute atomic E-state index is 0.171. The summed E-state index contributed by atoms with van der Waals surface area (Å²) in [4.78, 5) is 51.2. The molecule has 7 heteroatoms. The SMILES string of the molecule is C[C@@H](OC(=O)c1ccc(N2C(=O)CCC2=O)cc1)C(=O)N1CCCCCC1. The van der Waals surface area contributed by atoms with Gasteiger partial charge in [0.1, 0.15) is 0 Å². The van der Waals surface area contributed by atoms with Gasteiger partial charge in [0.25, 0.3) is 5.91 Å². The van der Waals surface area contributed by atoms with E-state index in [0.29, 0.717) is 18.8 Å². The maximum absolute atomic E-state index is 12.5. The highest BCUT2D eigenvalue weighted by Gasteiger charge is 2.30. The van der Waals surface area contributed by atoms with Gasteiger partial charge in [-0.25, -0.2) is 4.79 Å². The van der Waals surface area contributed by atoms with E-state index in [4.69, 9.17) is 4.74 Å². The highest BCUT2D eigenvalue weighted by molar-refractivity contribution is 6.19. The normalized spacial score (nSPS) is 19.0. The summed E-state index contributed by atoms with van der Waals surface area (Å²) < 4.78 is 5.32. The Morgan fingerprint density at radius 3 is 2.04 bits per heavy atom. The molecule has 144 valence electrons. The highest BCUT2D eigenvalue weighted by atomic mass is 16.5. The Morgan fingerprint density at radius 2 is 1.48 bits per heavy atom. The van der Waals surface area contributed by atoms with E-state index in [-0.39, 0.29) is 36.1 Å². The van der Waals surface area contributed by atoms with E-state index in [1.165, 1.54) is 12.1 Å². The van der Waals surface area contributed by atoms with E-state index in [2.05, 4.69) is 0 Å². The first-order valence-electron chi connectivity index (χ1n) is 9.43. The Morgan fingerprint density at radius 1 is 0.926 bits per heavy atom. The summed E-state index contributed by atoms with van der Waals surface area (Å²) in [6.45, 7) is 2.99. The zero-order valence-corrected chi connectivity index (χ0v) is 15.5. The third-order valence-electron chi connectivity index (χ3n) is 4.96. The first kappa shape index (κ1) is 19.1. The van der Waals surface area contributed by atoms with Gasteiger partial charge in [0.2, 0.25) is 11.8 Å². The number of benzene rings is 1. The van der Waals surface area contributed by atoms with E-state index in [1.807, 2.05) is 0 Å². The molecule has 7 nitrogen and oxygen atoms in total. The average Bonchev–Trinajstić information content (AvgIpc) is 2.87. The topological polar surface area (TPSA) is 84.0 Å².